The normalized spacial score (nSPS) is 11.7. The molecule has 2 aromatic carbocycles. The first-order chi connectivity index (χ1) is 11.0. The Morgan fingerprint density at radius 1 is 1.13 bits per heavy atom. The molecule has 0 saturated heterocycles. The maximum Gasteiger partial charge on any atom is 0.319 e. The monoisotopic (exact) mass is 312 g/mol. The van der Waals surface area contributed by atoms with Gasteiger partial charge in [-0.1, -0.05) is 37.3 Å². The molecule has 2 rings (SSSR count). The van der Waals surface area contributed by atoms with E-state index in [2.05, 4.69) is 49.6 Å². The highest BCUT2D eigenvalue weighted by molar-refractivity contribution is 5.91. The maximum absolute atomic E-state index is 12.3. The average Bonchev–Trinajstić information content (AvgIpc) is 2.55. The topological polar surface area (TPSA) is 50.4 Å². The summed E-state index contributed by atoms with van der Waals surface area (Å²) in [6.07, 6.45) is 0.821. The van der Waals surface area contributed by atoms with E-state index in [1.54, 1.807) is 7.11 Å². The van der Waals surface area contributed by atoms with E-state index >= 15 is 0 Å². The van der Waals surface area contributed by atoms with Crippen molar-refractivity contribution in [2.45, 2.75) is 33.2 Å². The lowest BCUT2D eigenvalue weighted by molar-refractivity contribution is 0.248. The fourth-order valence-corrected chi connectivity index (χ4v) is 2.47. The lowest BCUT2D eigenvalue weighted by Crippen LogP contribution is -2.32. The minimum atomic E-state index is -0.237. The predicted octanol–water partition coefficient (Wildman–Crippen LogP) is 4.58. The lowest BCUT2D eigenvalue weighted by Gasteiger charge is -2.19. The zero-order chi connectivity index (χ0) is 16.8. The molecule has 0 fully saturated rings. The smallest absolute Gasteiger partial charge is 0.319 e. The molecule has 4 nitrogen and oxygen atoms in total. The SMILES string of the molecule is CC[C@H](NC(=O)Nc1ccccc1OC)c1ccc(C)c(C)c1. The van der Waals surface area contributed by atoms with Gasteiger partial charge in [-0.3, -0.25) is 0 Å². The first-order valence-corrected chi connectivity index (χ1v) is 7.82. The van der Waals surface area contributed by atoms with Crippen molar-refractivity contribution in [3.05, 3.63) is 59.2 Å². The van der Waals surface area contributed by atoms with Gasteiger partial charge >= 0.3 is 6.03 Å². The summed E-state index contributed by atoms with van der Waals surface area (Å²) in [5.74, 6) is 0.641. The second-order valence-electron chi connectivity index (χ2n) is 5.60. The van der Waals surface area contributed by atoms with Gasteiger partial charge in [0.2, 0.25) is 0 Å². The fourth-order valence-electron chi connectivity index (χ4n) is 2.47. The second-order valence-corrected chi connectivity index (χ2v) is 5.60. The van der Waals surface area contributed by atoms with Gasteiger partial charge in [0, 0.05) is 0 Å². The van der Waals surface area contributed by atoms with E-state index in [0.717, 1.165) is 12.0 Å². The molecule has 0 unspecified atom stereocenters. The summed E-state index contributed by atoms with van der Waals surface area (Å²) in [7, 11) is 1.59. The number of urea groups is 1. The van der Waals surface area contributed by atoms with E-state index in [9.17, 15) is 4.79 Å². The Kier molecular flexibility index (Phi) is 5.63. The predicted molar refractivity (Wildman–Crippen MR) is 94.1 cm³/mol. The highest BCUT2D eigenvalue weighted by Crippen LogP contribution is 2.24. The van der Waals surface area contributed by atoms with E-state index in [1.807, 2.05) is 24.3 Å². The molecular formula is C19H24N2O2. The number of hydrogen-bond acceptors (Lipinski definition) is 2. The van der Waals surface area contributed by atoms with E-state index in [1.165, 1.54) is 11.1 Å². The Bertz CT molecular complexity index is 683. The molecule has 0 spiro atoms. The third-order valence-electron chi connectivity index (χ3n) is 4.00. The first-order valence-electron chi connectivity index (χ1n) is 7.82. The third-order valence-corrected chi connectivity index (χ3v) is 4.00. The number of benzene rings is 2. The van der Waals surface area contributed by atoms with Gasteiger partial charge < -0.3 is 15.4 Å². The van der Waals surface area contributed by atoms with E-state index < -0.39 is 0 Å². The molecule has 0 heterocycles. The molecule has 4 heteroatoms. The van der Waals surface area contributed by atoms with Crippen LogP contribution in [0.3, 0.4) is 0 Å². The summed E-state index contributed by atoms with van der Waals surface area (Å²) in [4.78, 5) is 12.3. The largest absolute Gasteiger partial charge is 0.495 e. The zero-order valence-electron chi connectivity index (χ0n) is 14.1. The summed E-state index contributed by atoms with van der Waals surface area (Å²) >= 11 is 0. The Morgan fingerprint density at radius 3 is 2.52 bits per heavy atom. The Balaban J connectivity index is 2.09. The van der Waals surface area contributed by atoms with Crippen LogP contribution in [0.15, 0.2) is 42.5 Å². The molecule has 0 aliphatic rings. The van der Waals surface area contributed by atoms with Gasteiger partial charge in [-0.05, 0) is 49.1 Å². The van der Waals surface area contributed by atoms with Crippen LogP contribution in [0.25, 0.3) is 0 Å². The number of nitrogens with one attached hydrogen (secondary N) is 2. The van der Waals surface area contributed by atoms with Crippen molar-refractivity contribution < 1.29 is 9.53 Å². The van der Waals surface area contributed by atoms with Gasteiger partial charge in [-0.25, -0.2) is 4.79 Å². The number of rotatable bonds is 5. The van der Waals surface area contributed by atoms with Crippen LogP contribution >= 0.6 is 0 Å². The highest BCUT2D eigenvalue weighted by atomic mass is 16.5. The van der Waals surface area contributed by atoms with Crippen LogP contribution < -0.4 is 15.4 Å². The summed E-state index contributed by atoms with van der Waals surface area (Å²) in [5.41, 5.74) is 4.25. The van der Waals surface area contributed by atoms with Crippen LogP contribution in [0.5, 0.6) is 5.75 Å². The number of amides is 2. The van der Waals surface area contributed by atoms with Crippen LogP contribution in [0.2, 0.25) is 0 Å². The Morgan fingerprint density at radius 2 is 1.87 bits per heavy atom. The molecule has 0 radical (unpaired) electrons. The fraction of sp³-hybridized carbons (Fsp3) is 0.316. The molecule has 122 valence electrons. The quantitative estimate of drug-likeness (QED) is 0.848. The molecule has 0 aliphatic heterocycles. The summed E-state index contributed by atoms with van der Waals surface area (Å²) in [6, 6.07) is 13.4. The van der Waals surface area contributed by atoms with Gasteiger partial charge in [0.15, 0.2) is 0 Å². The van der Waals surface area contributed by atoms with Gasteiger partial charge in [-0.2, -0.15) is 0 Å². The van der Waals surface area contributed by atoms with E-state index in [0.29, 0.717) is 11.4 Å². The van der Waals surface area contributed by atoms with Crippen molar-refractivity contribution >= 4 is 11.7 Å². The molecule has 2 N–H and O–H groups in total. The summed E-state index contributed by atoms with van der Waals surface area (Å²) in [6.45, 7) is 6.23. The maximum atomic E-state index is 12.3. The van der Waals surface area contributed by atoms with E-state index in [4.69, 9.17) is 4.74 Å². The molecule has 0 bridgehead atoms. The molecule has 2 aromatic rings. The number of methoxy groups -OCH3 is 1. The van der Waals surface area contributed by atoms with Crippen molar-refractivity contribution in [3.8, 4) is 5.75 Å². The number of carbonyl (C=O) groups is 1. The summed E-state index contributed by atoms with van der Waals surface area (Å²) in [5, 5.41) is 5.87. The highest BCUT2D eigenvalue weighted by Gasteiger charge is 2.14. The van der Waals surface area contributed by atoms with E-state index in [-0.39, 0.29) is 12.1 Å². The second kappa shape index (κ2) is 7.68. The Labute approximate surface area is 137 Å². The molecule has 2 amide bonds. The third kappa shape index (κ3) is 4.25. The van der Waals surface area contributed by atoms with Gasteiger partial charge in [-0.15, -0.1) is 0 Å². The summed E-state index contributed by atoms with van der Waals surface area (Å²) < 4.78 is 5.25. The number of aryl methyl sites for hydroxylation is 2. The minimum absolute atomic E-state index is 0.0241. The van der Waals surface area contributed by atoms with Crippen LogP contribution in [0.1, 0.15) is 36.1 Å². The van der Waals surface area contributed by atoms with Crippen LogP contribution in [-0.4, -0.2) is 13.1 Å². The molecule has 0 aromatic heterocycles. The first kappa shape index (κ1) is 16.9. The Hall–Kier alpha value is -2.49. The van der Waals surface area contributed by atoms with Crippen molar-refractivity contribution in [2.75, 3.05) is 12.4 Å². The van der Waals surface area contributed by atoms with Crippen LogP contribution in [0.4, 0.5) is 10.5 Å². The standard InChI is InChI=1S/C19H24N2O2/c1-5-16(15-11-10-13(2)14(3)12-15)20-19(22)21-17-8-6-7-9-18(17)23-4/h6-12,16H,5H2,1-4H3,(H2,20,21,22)/t16-/m0/s1. The molecular weight excluding hydrogens is 288 g/mol. The average molecular weight is 312 g/mol. The van der Waals surface area contributed by atoms with Gasteiger partial charge in [0.25, 0.3) is 0 Å². The number of hydrogen-bond donors (Lipinski definition) is 2. The molecule has 0 aliphatic carbocycles. The van der Waals surface area contributed by atoms with Crippen molar-refractivity contribution in [3.63, 3.8) is 0 Å². The van der Waals surface area contributed by atoms with Crippen molar-refractivity contribution in [2.24, 2.45) is 0 Å². The zero-order valence-corrected chi connectivity index (χ0v) is 14.1. The van der Waals surface area contributed by atoms with Crippen LogP contribution in [0, 0.1) is 13.8 Å². The lowest BCUT2D eigenvalue weighted by atomic mass is 9.99. The molecule has 0 saturated carbocycles. The number of para-hydroxylation sites is 2. The van der Waals surface area contributed by atoms with Crippen LogP contribution in [-0.2, 0) is 0 Å². The number of carbonyl (C=O) groups excluding carboxylic acids is 1. The van der Waals surface area contributed by atoms with Gasteiger partial charge in [0.1, 0.15) is 5.75 Å². The van der Waals surface area contributed by atoms with Gasteiger partial charge in [0.05, 0.1) is 18.8 Å². The minimum Gasteiger partial charge on any atom is -0.495 e. The molecule has 23 heavy (non-hydrogen) atoms. The number of ether oxygens (including phenoxy) is 1. The number of anilines is 1. The van der Waals surface area contributed by atoms with Crippen molar-refractivity contribution in [1.29, 1.82) is 0 Å². The van der Waals surface area contributed by atoms with Crippen molar-refractivity contribution in [1.82, 2.24) is 5.32 Å². The molecule has 1 atom stereocenters.